The van der Waals surface area contributed by atoms with Crippen molar-refractivity contribution in [2.45, 2.75) is 24.3 Å². The van der Waals surface area contributed by atoms with Crippen LogP contribution >= 0.6 is 27.7 Å². The molecule has 1 saturated heterocycles. The first-order valence-corrected chi connectivity index (χ1v) is 13.7. The van der Waals surface area contributed by atoms with Crippen molar-refractivity contribution >= 4 is 76.6 Å². The highest BCUT2D eigenvalue weighted by molar-refractivity contribution is 9.10. The molecule has 1 aromatic heterocycles. The Kier molecular flexibility index (Phi) is 7.14. The summed E-state index contributed by atoms with van der Waals surface area (Å²) in [6, 6.07) is 18.0. The van der Waals surface area contributed by atoms with Gasteiger partial charge in [-0.25, -0.2) is 4.99 Å². The van der Waals surface area contributed by atoms with Crippen LogP contribution in [0, 0.1) is 0 Å². The van der Waals surface area contributed by atoms with Crippen LogP contribution in [0.4, 0.5) is 5.69 Å². The lowest BCUT2D eigenvalue weighted by Gasteiger charge is -2.37. The highest BCUT2D eigenvalue weighted by atomic mass is 79.9. The van der Waals surface area contributed by atoms with Gasteiger partial charge in [-0.1, -0.05) is 58.0 Å². The van der Waals surface area contributed by atoms with Crippen LogP contribution in [0.5, 0.6) is 0 Å². The topological polar surface area (TPSA) is 70.0 Å². The molecule has 1 spiro atoms. The van der Waals surface area contributed by atoms with Gasteiger partial charge in [0.25, 0.3) is 0 Å². The smallest absolute Gasteiger partial charge is 0.234 e. The number of rotatable bonds is 5. The van der Waals surface area contributed by atoms with Crippen LogP contribution < -0.4 is 5.32 Å². The fourth-order valence-electron chi connectivity index (χ4n) is 4.51. The molecule has 0 radical (unpaired) electrons. The summed E-state index contributed by atoms with van der Waals surface area (Å²) in [6.45, 7) is 1.96. The average Bonchev–Trinajstić information content (AvgIpc) is 3.21. The molecule has 1 N–H and O–H groups in total. The molecule has 0 saturated carbocycles. The number of likely N-dealkylation sites (tertiary alicyclic amines) is 1. The molecule has 3 aromatic rings. The summed E-state index contributed by atoms with van der Waals surface area (Å²) in [6.07, 6.45) is 3.48. The van der Waals surface area contributed by atoms with Gasteiger partial charge in [0.2, 0.25) is 5.91 Å². The number of carbonyl (C=O) groups excluding carboxylic acids is 1. The van der Waals surface area contributed by atoms with E-state index in [1.54, 1.807) is 6.20 Å². The van der Waals surface area contributed by atoms with Gasteiger partial charge in [-0.2, -0.15) is 0 Å². The number of thioether (sulfide) groups is 1. The standard InChI is InChI=1S/C25H26B2BrN5OS/c26-24(27)33-11-9-25(10-12-33)31-22(16-5-7-18(28)8-6-16)23(32-25)35-15-21(34)30-19-13-17-3-1-2-4-20(17)29-14-19/h1-8,13-14,24H,9-12,15,26-27H2,(H,30,34). The number of anilines is 1. The van der Waals surface area contributed by atoms with E-state index in [9.17, 15) is 4.79 Å². The monoisotopic (exact) mass is 545 g/mol. The van der Waals surface area contributed by atoms with E-state index in [1.165, 1.54) is 11.8 Å². The summed E-state index contributed by atoms with van der Waals surface area (Å²) in [4.78, 5) is 30.0. The molecule has 1 amide bonds. The molecular formula is C25H26B2BrN5OS. The Morgan fingerprint density at radius 1 is 1.11 bits per heavy atom. The Morgan fingerprint density at radius 2 is 1.86 bits per heavy atom. The van der Waals surface area contributed by atoms with Crippen molar-refractivity contribution in [1.82, 2.24) is 9.88 Å². The van der Waals surface area contributed by atoms with Gasteiger partial charge < -0.3 is 10.2 Å². The number of para-hydroxylation sites is 1. The Balaban J connectivity index is 1.31. The van der Waals surface area contributed by atoms with Crippen molar-refractivity contribution in [3.63, 3.8) is 0 Å². The Bertz CT molecular complexity index is 1310. The third-order valence-electron chi connectivity index (χ3n) is 6.49. The van der Waals surface area contributed by atoms with Gasteiger partial charge in [-0.3, -0.25) is 14.8 Å². The zero-order chi connectivity index (χ0) is 24.4. The van der Waals surface area contributed by atoms with E-state index in [4.69, 9.17) is 9.98 Å². The molecule has 3 heterocycles. The van der Waals surface area contributed by atoms with Crippen molar-refractivity contribution in [2.24, 2.45) is 9.98 Å². The van der Waals surface area contributed by atoms with Gasteiger partial charge in [0.15, 0.2) is 5.66 Å². The molecule has 35 heavy (non-hydrogen) atoms. The van der Waals surface area contributed by atoms with Crippen molar-refractivity contribution < 1.29 is 4.79 Å². The molecular weight excluding hydrogens is 520 g/mol. The first-order valence-electron chi connectivity index (χ1n) is 11.9. The SMILES string of the molecule is BC(B)N1CCC2(CC1)N=C(SCC(=O)Nc1cnc3ccccc3c1)C(c1ccc(Br)cc1)=N2. The molecule has 10 heteroatoms. The second-order valence-electron chi connectivity index (χ2n) is 9.25. The van der Waals surface area contributed by atoms with E-state index < -0.39 is 5.66 Å². The number of piperidine rings is 1. The normalized spacial score (nSPS) is 17.5. The number of aliphatic imine (C=N–C) groups is 2. The van der Waals surface area contributed by atoms with Crippen LogP contribution in [0.3, 0.4) is 0 Å². The number of hydrogen-bond acceptors (Lipinski definition) is 6. The van der Waals surface area contributed by atoms with E-state index in [0.717, 1.165) is 57.6 Å². The van der Waals surface area contributed by atoms with Gasteiger partial charge in [-0.15, -0.1) is 0 Å². The van der Waals surface area contributed by atoms with E-state index >= 15 is 0 Å². The van der Waals surface area contributed by atoms with Gasteiger partial charge in [0.1, 0.15) is 20.7 Å². The second-order valence-corrected chi connectivity index (χ2v) is 11.1. The van der Waals surface area contributed by atoms with Crippen LogP contribution in [-0.4, -0.2) is 72.6 Å². The van der Waals surface area contributed by atoms with Crippen LogP contribution in [0.15, 0.2) is 75.3 Å². The molecule has 2 aromatic carbocycles. The summed E-state index contributed by atoms with van der Waals surface area (Å²) in [5.74, 6) is 0.699. The van der Waals surface area contributed by atoms with Gasteiger partial charge in [-0.05, 0) is 30.1 Å². The number of benzene rings is 2. The average molecular weight is 546 g/mol. The summed E-state index contributed by atoms with van der Waals surface area (Å²) in [5, 5.41) is 4.82. The van der Waals surface area contributed by atoms with Gasteiger partial charge in [0.05, 0.1) is 28.9 Å². The summed E-state index contributed by atoms with van der Waals surface area (Å²) in [5.41, 5.74) is 3.10. The highest BCUT2D eigenvalue weighted by Gasteiger charge is 2.40. The Hall–Kier alpha value is -2.42. The number of aromatic nitrogens is 1. The number of nitrogens with zero attached hydrogens (tertiary/aromatic N) is 4. The number of hydrogen-bond donors (Lipinski definition) is 1. The summed E-state index contributed by atoms with van der Waals surface area (Å²) in [7, 11) is 4.47. The molecule has 0 unspecified atom stereocenters. The lowest BCUT2D eigenvalue weighted by molar-refractivity contribution is -0.113. The molecule has 0 bridgehead atoms. The lowest BCUT2D eigenvalue weighted by Crippen LogP contribution is -2.46. The van der Waals surface area contributed by atoms with Gasteiger partial charge >= 0.3 is 0 Å². The third kappa shape index (κ3) is 5.55. The maximum Gasteiger partial charge on any atom is 0.234 e. The fourth-order valence-corrected chi connectivity index (χ4v) is 5.65. The third-order valence-corrected chi connectivity index (χ3v) is 7.99. The summed E-state index contributed by atoms with van der Waals surface area (Å²) >= 11 is 4.98. The predicted molar refractivity (Wildman–Crippen MR) is 155 cm³/mol. The largest absolute Gasteiger partial charge is 0.324 e. The predicted octanol–water partition coefficient (Wildman–Crippen LogP) is 2.91. The van der Waals surface area contributed by atoms with E-state index in [0.29, 0.717) is 11.5 Å². The van der Waals surface area contributed by atoms with Crippen LogP contribution in [0.1, 0.15) is 18.4 Å². The molecule has 1 fully saturated rings. The molecule has 176 valence electrons. The van der Waals surface area contributed by atoms with Crippen molar-refractivity contribution in [1.29, 1.82) is 0 Å². The molecule has 5 rings (SSSR count). The maximum absolute atomic E-state index is 12.8. The van der Waals surface area contributed by atoms with Crippen LogP contribution in [-0.2, 0) is 4.79 Å². The highest BCUT2D eigenvalue weighted by Crippen LogP contribution is 2.36. The Morgan fingerprint density at radius 3 is 2.60 bits per heavy atom. The molecule has 6 nitrogen and oxygen atoms in total. The second kappa shape index (κ2) is 10.3. The van der Waals surface area contributed by atoms with Crippen molar-refractivity contribution in [3.05, 3.63) is 70.8 Å². The number of pyridine rings is 1. The quantitative estimate of drug-likeness (QED) is 0.501. The van der Waals surface area contributed by atoms with Crippen LogP contribution in [0.2, 0.25) is 0 Å². The number of fused-ring (bicyclic) bond motifs is 1. The minimum atomic E-state index is -0.422. The van der Waals surface area contributed by atoms with Crippen molar-refractivity contribution in [3.8, 4) is 0 Å². The van der Waals surface area contributed by atoms with E-state index in [1.807, 2.05) is 42.5 Å². The fraction of sp³-hybridized carbons (Fsp3) is 0.280. The number of halogens is 1. The number of nitrogens with one attached hydrogen (secondary N) is 1. The van der Waals surface area contributed by atoms with E-state index in [-0.39, 0.29) is 11.7 Å². The Labute approximate surface area is 220 Å². The summed E-state index contributed by atoms with van der Waals surface area (Å²) < 4.78 is 1.02. The van der Waals surface area contributed by atoms with Crippen LogP contribution in [0.25, 0.3) is 10.9 Å². The molecule has 2 aliphatic heterocycles. The molecule has 0 atom stereocenters. The first-order chi connectivity index (χ1) is 16.9. The zero-order valence-corrected chi connectivity index (χ0v) is 22.3. The zero-order valence-electron chi connectivity index (χ0n) is 19.9. The minimum absolute atomic E-state index is 0.0829. The number of amides is 1. The number of carbonyl (C=O) groups is 1. The lowest BCUT2D eigenvalue weighted by atomic mass is 9.76. The van der Waals surface area contributed by atoms with Crippen molar-refractivity contribution in [2.75, 3.05) is 24.2 Å². The minimum Gasteiger partial charge on any atom is -0.324 e. The van der Waals surface area contributed by atoms with E-state index in [2.05, 4.69) is 59.0 Å². The van der Waals surface area contributed by atoms with Gasteiger partial charge in [0, 0.05) is 41.4 Å². The first kappa shape index (κ1) is 24.3. The maximum atomic E-state index is 12.8. The molecule has 0 aliphatic carbocycles. The molecule has 2 aliphatic rings.